The smallest absolute Gasteiger partial charge is 0.101 e. The van der Waals surface area contributed by atoms with E-state index in [9.17, 15) is 5.11 Å². The molecular formula is C13H17ClN2O. The molecule has 2 N–H and O–H groups in total. The van der Waals surface area contributed by atoms with Crippen LogP contribution in [0.2, 0.25) is 5.02 Å². The van der Waals surface area contributed by atoms with Crippen molar-refractivity contribution in [1.29, 1.82) is 5.26 Å². The number of nitrogens with one attached hydrogen (secondary N) is 1. The van der Waals surface area contributed by atoms with Crippen molar-refractivity contribution < 1.29 is 5.11 Å². The van der Waals surface area contributed by atoms with E-state index >= 15 is 0 Å². The van der Waals surface area contributed by atoms with E-state index in [1.54, 1.807) is 12.1 Å². The highest BCUT2D eigenvalue weighted by Gasteiger charge is 2.20. The molecule has 3 nitrogen and oxygen atoms in total. The summed E-state index contributed by atoms with van der Waals surface area (Å²) in [7, 11) is 0. The third-order valence-electron chi connectivity index (χ3n) is 3.04. The molecule has 0 saturated carbocycles. The van der Waals surface area contributed by atoms with Crippen LogP contribution in [0.3, 0.4) is 0 Å². The van der Waals surface area contributed by atoms with Gasteiger partial charge in [-0.15, -0.1) is 0 Å². The fourth-order valence-electron chi connectivity index (χ4n) is 1.33. The van der Waals surface area contributed by atoms with Crippen LogP contribution in [-0.2, 0) is 0 Å². The lowest BCUT2D eigenvalue weighted by Crippen LogP contribution is -2.29. The minimum Gasteiger partial charge on any atom is -0.396 e. The number of anilines is 1. The van der Waals surface area contributed by atoms with Crippen LogP contribution in [0.4, 0.5) is 5.69 Å². The number of aliphatic hydroxyl groups is 1. The predicted molar refractivity (Wildman–Crippen MR) is 70.1 cm³/mol. The fourth-order valence-corrected chi connectivity index (χ4v) is 1.49. The van der Waals surface area contributed by atoms with Crippen LogP contribution in [0.15, 0.2) is 18.2 Å². The molecule has 0 bridgehead atoms. The minimum absolute atomic E-state index is 0.134. The Hall–Kier alpha value is -1.24. The van der Waals surface area contributed by atoms with Crippen LogP contribution in [-0.4, -0.2) is 18.3 Å². The van der Waals surface area contributed by atoms with Crippen molar-refractivity contribution in [3.8, 4) is 6.07 Å². The molecule has 1 aromatic carbocycles. The molecule has 1 unspecified atom stereocenters. The van der Waals surface area contributed by atoms with Crippen LogP contribution >= 0.6 is 11.6 Å². The van der Waals surface area contributed by atoms with Gasteiger partial charge in [-0.2, -0.15) is 5.26 Å². The van der Waals surface area contributed by atoms with E-state index in [1.807, 2.05) is 26.0 Å². The average molecular weight is 253 g/mol. The standard InChI is InChI=1S/C13H17ClN2O/c1-3-13(2,9-17)8-16-11-4-5-12(14)10(6-11)7-15/h4-6,16-17H,3,8-9H2,1-2H3. The highest BCUT2D eigenvalue weighted by Crippen LogP contribution is 2.23. The number of halogens is 1. The first-order valence-corrected chi connectivity index (χ1v) is 5.97. The highest BCUT2D eigenvalue weighted by molar-refractivity contribution is 6.31. The zero-order valence-electron chi connectivity index (χ0n) is 10.1. The van der Waals surface area contributed by atoms with Crippen molar-refractivity contribution in [2.45, 2.75) is 20.3 Å². The van der Waals surface area contributed by atoms with Gasteiger partial charge in [0.25, 0.3) is 0 Å². The molecule has 92 valence electrons. The maximum Gasteiger partial charge on any atom is 0.101 e. The molecule has 4 heteroatoms. The number of rotatable bonds is 5. The average Bonchev–Trinajstić information content (AvgIpc) is 2.37. The Bertz CT molecular complexity index is 422. The van der Waals surface area contributed by atoms with E-state index < -0.39 is 0 Å². The van der Waals surface area contributed by atoms with Crippen molar-refractivity contribution in [2.75, 3.05) is 18.5 Å². The Balaban J connectivity index is 2.74. The Kier molecular flexibility index (Phi) is 4.80. The molecule has 1 atom stereocenters. The zero-order chi connectivity index (χ0) is 12.9. The molecule has 1 rings (SSSR count). The lowest BCUT2D eigenvalue weighted by molar-refractivity contribution is 0.149. The van der Waals surface area contributed by atoms with E-state index in [0.29, 0.717) is 17.1 Å². The molecule has 0 fully saturated rings. The van der Waals surface area contributed by atoms with Gasteiger partial charge in [0.05, 0.1) is 17.2 Å². The number of hydrogen-bond acceptors (Lipinski definition) is 3. The molecule has 0 aliphatic rings. The molecule has 0 heterocycles. The van der Waals surface area contributed by atoms with E-state index in [0.717, 1.165) is 12.1 Å². The fraction of sp³-hybridized carbons (Fsp3) is 0.462. The summed E-state index contributed by atoms with van der Waals surface area (Å²) < 4.78 is 0. The highest BCUT2D eigenvalue weighted by atomic mass is 35.5. The molecule has 0 amide bonds. The summed E-state index contributed by atoms with van der Waals surface area (Å²) in [6.45, 7) is 4.85. The lowest BCUT2D eigenvalue weighted by Gasteiger charge is -2.26. The van der Waals surface area contributed by atoms with Gasteiger partial charge in [0.1, 0.15) is 6.07 Å². The van der Waals surface area contributed by atoms with Crippen molar-refractivity contribution in [3.63, 3.8) is 0 Å². The van der Waals surface area contributed by atoms with Gasteiger partial charge in [-0.05, 0) is 24.6 Å². The summed E-state index contributed by atoms with van der Waals surface area (Å²) >= 11 is 5.85. The number of aliphatic hydroxyl groups excluding tert-OH is 1. The number of nitrogens with zero attached hydrogens (tertiary/aromatic N) is 1. The predicted octanol–water partition coefficient (Wildman–Crippen LogP) is 3.03. The molecule has 0 saturated heterocycles. The second-order valence-corrected chi connectivity index (χ2v) is 4.89. The van der Waals surface area contributed by atoms with Gasteiger partial charge in [-0.3, -0.25) is 0 Å². The van der Waals surface area contributed by atoms with Gasteiger partial charge >= 0.3 is 0 Å². The van der Waals surface area contributed by atoms with Crippen LogP contribution in [0.5, 0.6) is 0 Å². The van der Waals surface area contributed by atoms with Gasteiger partial charge in [-0.25, -0.2) is 0 Å². The summed E-state index contributed by atoms with van der Waals surface area (Å²) in [5.74, 6) is 0. The van der Waals surface area contributed by atoms with Crippen molar-refractivity contribution in [3.05, 3.63) is 28.8 Å². The molecule has 0 aliphatic heterocycles. The summed E-state index contributed by atoms with van der Waals surface area (Å²) in [4.78, 5) is 0. The molecule has 0 radical (unpaired) electrons. The van der Waals surface area contributed by atoms with Crippen molar-refractivity contribution in [2.24, 2.45) is 5.41 Å². The SMILES string of the molecule is CCC(C)(CO)CNc1ccc(Cl)c(C#N)c1. The van der Waals surface area contributed by atoms with Gasteiger partial charge < -0.3 is 10.4 Å². The third kappa shape index (κ3) is 3.62. The molecule has 17 heavy (non-hydrogen) atoms. The van der Waals surface area contributed by atoms with Crippen LogP contribution < -0.4 is 5.32 Å². The summed E-state index contributed by atoms with van der Waals surface area (Å²) in [5.41, 5.74) is 1.16. The first kappa shape index (κ1) is 13.8. The number of nitriles is 1. The van der Waals surface area contributed by atoms with Crippen LogP contribution in [0.1, 0.15) is 25.8 Å². The van der Waals surface area contributed by atoms with E-state index in [-0.39, 0.29) is 12.0 Å². The number of benzene rings is 1. The monoisotopic (exact) mass is 252 g/mol. The first-order chi connectivity index (χ1) is 8.04. The maximum atomic E-state index is 9.29. The van der Waals surface area contributed by atoms with E-state index in [4.69, 9.17) is 16.9 Å². The normalized spacial score (nSPS) is 13.8. The molecule has 0 spiro atoms. The van der Waals surface area contributed by atoms with Gasteiger partial charge in [0.2, 0.25) is 0 Å². The lowest BCUT2D eigenvalue weighted by atomic mass is 9.88. The summed E-state index contributed by atoms with van der Waals surface area (Å²) in [5, 5.41) is 21.8. The molecular weight excluding hydrogens is 236 g/mol. The third-order valence-corrected chi connectivity index (χ3v) is 3.37. The summed E-state index contributed by atoms with van der Waals surface area (Å²) in [6.07, 6.45) is 0.884. The second kappa shape index (κ2) is 5.90. The first-order valence-electron chi connectivity index (χ1n) is 5.59. The zero-order valence-corrected chi connectivity index (χ0v) is 10.9. The van der Waals surface area contributed by atoms with Gasteiger partial charge in [-0.1, -0.05) is 25.4 Å². The van der Waals surface area contributed by atoms with Gasteiger partial charge in [0.15, 0.2) is 0 Å². The Morgan fingerprint density at radius 2 is 2.24 bits per heavy atom. The molecule has 0 aromatic heterocycles. The maximum absolute atomic E-state index is 9.29. The Morgan fingerprint density at radius 3 is 2.76 bits per heavy atom. The van der Waals surface area contributed by atoms with E-state index in [1.165, 1.54) is 0 Å². The number of hydrogen-bond donors (Lipinski definition) is 2. The summed E-state index contributed by atoms with van der Waals surface area (Å²) in [6, 6.07) is 7.29. The Labute approximate surface area is 107 Å². The van der Waals surface area contributed by atoms with Crippen molar-refractivity contribution >= 4 is 17.3 Å². The largest absolute Gasteiger partial charge is 0.396 e. The van der Waals surface area contributed by atoms with E-state index in [2.05, 4.69) is 5.32 Å². The van der Waals surface area contributed by atoms with Crippen LogP contribution in [0.25, 0.3) is 0 Å². The van der Waals surface area contributed by atoms with Crippen LogP contribution in [0, 0.1) is 16.7 Å². The molecule has 0 aliphatic carbocycles. The molecule has 1 aromatic rings. The quantitative estimate of drug-likeness (QED) is 0.847. The Morgan fingerprint density at radius 1 is 1.53 bits per heavy atom. The van der Waals surface area contributed by atoms with Crippen molar-refractivity contribution in [1.82, 2.24) is 0 Å². The topological polar surface area (TPSA) is 56.0 Å². The second-order valence-electron chi connectivity index (χ2n) is 4.48. The van der Waals surface area contributed by atoms with Gasteiger partial charge in [0, 0.05) is 17.6 Å². The minimum atomic E-state index is -0.146.